The lowest BCUT2D eigenvalue weighted by molar-refractivity contribution is -0.179. The quantitative estimate of drug-likeness (QED) is 0.255. The van der Waals surface area contributed by atoms with Crippen LogP contribution in [0.1, 0.15) is 51.2 Å². The fourth-order valence-electron chi connectivity index (χ4n) is 5.15. The number of hydrazine groups is 1. The van der Waals surface area contributed by atoms with Crippen LogP contribution < -0.4 is 16.2 Å². The first-order valence-corrected chi connectivity index (χ1v) is 12.0. The number of hydrogen-bond donors (Lipinski definition) is 4. The van der Waals surface area contributed by atoms with Gasteiger partial charge in [0.05, 0.1) is 11.5 Å². The summed E-state index contributed by atoms with van der Waals surface area (Å²) in [7, 11) is 0. The molecule has 35 heavy (non-hydrogen) atoms. The molecule has 1 aliphatic heterocycles. The second-order valence-electron chi connectivity index (χ2n) is 10.4. The molecule has 1 heterocycles. The standard InChI is InChI=1S/C26H35N3O5S/c1-7-13-33-21(30)19-18(16-9-11-17(12-10-16)24(3,4)5)20(22(31)34-14-8-2)26(15-25(19,6)32)27-23(35)28-29-26/h7-12,18-20,29,32H,1-2,13-15H2,3-6H3,(H2,27,28,35)/t18-,19-,20+,25-,26+/m1/s1. The van der Waals surface area contributed by atoms with E-state index in [0.29, 0.717) is 5.56 Å². The van der Waals surface area contributed by atoms with Crippen LogP contribution in [-0.4, -0.2) is 46.6 Å². The zero-order valence-corrected chi connectivity index (χ0v) is 21.5. The van der Waals surface area contributed by atoms with Crippen LogP contribution >= 0.6 is 12.2 Å². The van der Waals surface area contributed by atoms with Gasteiger partial charge in [0.1, 0.15) is 24.8 Å². The highest BCUT2D eigenvalue weighted by Crippen LogP contribution is 2.52. The number of rotatable bonds is 7. The van der Waals surface area contributed by atoms with Crippen molar-refractivity contribution in [1.29, 1.82) is 0 Å². The van der Waals surface area contributed by atoms with Crippen LogP contribution in [0.2, 0.25) is 0 Å². The van der Waals surface area contributed by atoms with Crippen LogP contribution in [-0.2, 0) is 24.5 Å². The molecule has 0 amide bonds. The molecular formula is C26H35N3O5S. The highest BCUT2D eigenvalue weighted by molar-refractivity contribution is 7.80. The van der Waals surface area contributed by atoms with E-state index in [2.05, 4.69) is 50.1 Å². The summed E-state index contributed by atoms with van der Waals surface area (Å²) in [6.45, 7) is 15.1. The minimum absolute atomic E-state index is 0.000933. The van der Waals surface area contributed by atoms with Gasteiger partial charge < -0.3 is 19.9 Å². The third kappa shape index (κ3) is 5.42. The molecule has 0 aromatic heterocycles. The molecular weight excluding hydrogens is 466 g/mol. The molecule has 1 saturated heterocycles. The number of ether oxygens (including phenoxy) is 2. The lowest BCUT2D eigenvalue weighted by atomic mass is 9.58. The maximum atomic E-state index is 13.6. The Labute approximate surface area is 212 Å². The average Bonchev–Trinajstić information content (AvgIpc) is 3.14. The van der Waals surface area contributed by atoms with Gasteiger partial charge in [0.2, 0.25) is 0 Å². The van der Waals surface area contributed by atoms with Gasteiger partial charge in [0, 0.05) is 12.3 Å². The highest BCUT2D eigenvalue weighted by Gasteiger charge is 2.65. The fraction of sp³-hybridized carbons (Fsp3) is 0.500. The first-order valence-electron chi connectivity index (χ1n) is 11.6. The first-order chi connectivity index (χ1) is 16.4. The lowest BCUT2D eigenvalue weighted by Gasteiger charge is -2.52. The molecule has 0 radical (unpaired) electrons. The van der Waals surface area contributed by atoms with Crippen molar-refractivity contribution in [3.05, 3.63) is 60.7 Å². The molecule has 8 nitrogen and oxygen atoms in total. The number of aliphatic hydroxyl groups is 1. The number of nitrogens with one attached hydrogen (secondary N) is 3. The van der Waals surface area contributed by atoms with E-state index in [0.717, 1.165) is 5.56 Å². The topological polar surface area (TPSA) is 109 Å². The van der Waals surface area contributed by atoms with Gasteiger partial charge in [-0.25, -0.2) is 5.43 Å². The zero-order chi connectivity index (χ0) is 26.0. The normalized spacial score (nSPS) is 30.2. The van der Waals surface area contributed by atoms with Crippen molar-refractivity contribution in [2.45, 2.75) is 56.7 Å². The van der Waals surface area contributed by atoms with Crippen LogP contribution in [0, 0.1) is 11.8 Å². The van der Waals surface area contributed by atoms with Crippen molar-refractivity contribution >= 4 is 29.3 Å². The molecule has 1 aromatic rings. The fourth-order valence-corrected chi connectivity index (χ4v) is 5.38. The molecule has 2 fully saturated rings. The molecule has 1 saturated carbocycles. The van der Waals surface area contributed by atoms with Crippen molar-refractivity contribution in [1.82, 2.24) is 16.2 Å². The van der Waals surface area contributed by atoms with E-state index in [9.17, 15) is 14.7 Å². The predicted octanol–water partition coefficient (Wildman–Crippen LogP) is 2.59. The summed E-state index contributed by atoms with van der Waals surface area (Å²) in [6.07, 6.45) is 2.92. The molecule has 0 unspecified atom stereocenters. The number of thiocarbonyl (C=S) groups is 1. The molecule has 5 atom stereocenters. The Morgan fingerprint density at radius 2 is 1.66 bits per heavy atom. The van der Waals surface area contributed by atoms with Gasteiger partial charge in [-0.15, -0.1) is 0 Å². The van der Waals surface area contributed by atoms with Gasteiger partial charge in [-0.3, -0.25) is 15.0 Å². The van der Waals surface area contributed by atoms with Crippen LogP contribution in [0.15, 0.2) is 49.6 Å². The van der Waals surface area contributed by atoms with E-state index in [1.54, 1.807) is 6.92 Å². The number of carbonyl (C=O) groups excluding carboxylic acids is 2. The molecule has 0 bridgehead atoms. The molecule has 1 aliphatic carbocycles. The summed E-state index contributed by atoms with van der Waals surface area (Å²) in [5, 5.41) is 15.1. The number of carbonyl (C=O) groups is 2. The van der Waals surface area contributed by atoms with E-state index in [4.69, 9.17) is 21.7 Å². The van der Waals surface area contributed by atoms with Gasteiger partial charge >= 0.3 is 11.9 Å². The van der Waals surface area contributed by atoms with E-state index in [1.165, 1.54) is 12.2 Å². The van der Waals surface area contributed by atoms with Gasteiger partial charge in [-0.1, -0.05) is 70.3 Å². The average molecular weight is 502 g/mol. The third-order valence-corrected chi connectivity index (χ3v) is 6.85. The Morgan fingerprint density at radius 3 is 2.11 bits per heavy atom. The van der Waals surface area contributed by atoms with Crippen molar-refractivity contribution < 1.29 is 24.2 Å². The SMILES string of the molecule is C=CCOC(=O)[C@@H]1[C@H](c2ccc(C(C)(C)C)cc2)[C@H](C(=O)OCC=C)[C@](C)(O)C[C@]12NNC(=S)N2. The van der Waals surface area contributed by atoms with E-state index in [-0.39, 0.29) is 30.2 Å². The summed E-state index contributed by atoms with van der Waals surface area (Å²) < 4.78 is 10.9. The molecule has 4 N–H and O–H groups in total. The van der Waals surface area contributed by atoms with E-state index in [1.807, 2.05) is 24.3 Å². The monoisotopic (exact) mass is 501 g/mol. The Balaban J connectivity index is 2.20. The van der Waals surface area contributed by atoms with Crippen molar-refractivity contribution in [3.63, 3.8) is 0 Å². The molecule has 1 spiro atoms. The largest absolute Gasteiger partial charge is 0.461 e. The van der Waals surface area contributed by atoms with Gasteiger partial charge in [0.25, 0.3) is 0 Å². The van der Waals surface area contributed by atoms with Crippen LogP contribution in [0.5, 0.6) is 0 Å². The van der Waals surface area contributed by atoms with E-state index >= 15 is 0 Å². The van der Waals surface area contributed by atoms with Crippen LogP contribution in [0.3, 0.4) is 0 Å². The minimum atomic E-state index is -1.57. The van der Waals surface area contributed by atoms with Crippen molar-refractivity contribution in [3.8, 4) is 0 Å². The van der Waals surface area contributed by atoms with Crippen molar-refractivity contribution in [2.75, 3.05) is 13.2 Å². The second-order valence-corrected chi connectivity index (χ2v) is 10.8. The molecule has 9 heteroatoms. The number of benzene rings is 1. The van der Waals surface area contributed by atoms with Crippen molar-refractivity contribution in [2.24, 2.45) is 11.8 Å². The summed E-state index contributed by atoms with van der Waals surface area (Å²) in [6, 6.07) is 7.73. The molecule has 190 valence electrons. The van der Waals surface area contributed by atoms with E-state index < -0.39 is 41.0 Å². The van der Waals surface area contributed by atoms with Crippen LogP contribution in [0.4, 0.5) is 0 Å². The minimum Gasteiger partial charge on any atom is -0.461 e. The van der Waals surface area contributed by atoms with Gasteiger partial charge in [-0.05, 0) is 35.7 Å². The Kier molecular flexibility index (Phi) is 7.74. The highest BCUT2D eigenvalue weighted by atomic mass is 32.1. The third-order valence-electron chi connectivity index (χ3n) is 6.65. The summed E-state index contributed by atoms with van der Waals surface area (Å²) in [5.74, 6) is -3.99. The summed E-state index contributed by atoms with van der Waals surface area (Å²) in [4.78, 5) is 26.9. The molecule has 2 aliphatic rings. The van der Waals surface area contributed by atoms with Crippen LogP contribution in [0.25, 0.3) is 0 Å². The maximum absolute atomic E-state index is 13.6. The Bertz CT molecular complexity index is 1000. The number of hydrogen-bond acceptors (Lipinski definition) is 7. The zero-order valence-electron chi connectivity index (χ0n) is 20.7. The summed E-state index contributed by atoms with van der Waals surface area (Å²) in [5.41, 5.74) is 4.83. The van der Waals surface area contributed by atoms with Gasteiger partial charge in [0.15, 0.2) is 5.11 Å². The Morgan fingerprint density at radius 1 is 1.11 bits per heavy atom. The smallest absolute Gasteiger partial charge is 0.313 e. The molecule has 3 rings (SSSR count). The first kappa shape index (κ1) is 26.8. The molecule has 1 aromatic carbocycles. The Hall–Kier alpha value is -2.75. The van der Waals surface area contributed by atoms with Gasteiger partial charge in [-0.2, -0.15) is 0 Å². The number of esters is 2. The maximum Gasteiger partial charge on any atom is 0.313 e. The second kappa shape index (κ2) is 10.1. The summed E-state index contributed by atoms with van der Waals surface area (Å²) >= 11 is 5.29. The lowest BCUT2D eigenvalue weighted by Crippen LogP contribution is -2.70. The predicted molar refractivity (Wildman–Crippen MR) is 137 cm³/mol.